The Morgan fingerprint density at radius 3 is 1.11 bits per heavy atom. The van der Waals surface area contributed by atoms with Crippen LogP contribution in [0, 0.1) is 313 Å². The van der Waals surface area contributed by atoms with Crippen LogP contribution in [0.2, 0.25) is 0 Å². The van der Waals surface area contributed by atoms with Crippen LogP contribution in [-0.2, 0) is 0 Å². The van der Waals surface area contributed by atoms with Gasteiger partial charge in [0.2, 0.25) is 0 Å². The summed E-state index contributed by atoms with van der Waals surface area (Å²) in [5.74, 6) is 107. The number of terminal acetylenes is 5. The summed E-state index contributed by atoms with van der Waals surface area (Å²) >= 11 is 0. The first-order chi connectivity index (χ1) is 59.3. The quantitative estimate of drug-likeness (QED) is 0.0412. The fourth-order valence-electron chi connectivity index (χ4n) is 16.4. The van der Waals surface area contributed by atoms with Crippen molar-refractivity contribution in [3.05, 3.63) is 94.6 Å². The highest BCUT2D eigenvalue weighted by molar-refractivity contribution is 7.89. The van der Waals surface area contributed by atoms with Gasteiger partial charge in [-0.15, -0.1) is 54.4 Å². The third-order valence-corrected chi connectivity index (χ3v) is 21.9. The number of benzene rings is 8. The van der Waals surface area contributed by atoms with Crippen LogP contribution in [0.25, 0.3) is 76.1 Å². The van der Waals surface area contributed by atoms with E-state index in [1.165, 1.54) is 21.3 Å². The molecule has 0 saturated carbocycles. The molecule has 0 unspecified atom stereocenters. The highest BCUT2D eigenvalue weighted by atomic mass is 14.4. The maximum Gasteiger partial charge on any atom is 0.113 e. The van der Waals surface area contributed by atoms with Crippen molar-refractivity contribution >= 4 is 324 Å². The first-order valence-corrected chi connectivity index (χ1v) is 38.3. The minimum Gasteiger partial charge on any atom is -0.115 e. The summed E-state index contributed by atoms with van der Waals surface area (Å²) in [7, 11) is 133. The van der Waals surface area contributed by atoms with Gasteiger partial charge in [0, 0.05) is 222 Å². The van der Waals surface area contributed by atoms with E-state index in [0.717, 1.165) is 22.3 Å². The van der Waals surface area contributed by atoms with Crippen LogP contribution in [0.3, 0.4) is 0 Å². The Bertz CT molecular complexity index is 7370. The van der Waals surface area contributed by atoms with Crippen molar-refractivity contribution < 1.29 is 0 Å². The zero-order valence-electron chi connectivity index (χ0n) is 70.9. The number of hydrogen-bond donors (Lipinski definition) is 0. The Kier molecular flexibility index (Phi) is 34.4. The molecule has 0 heterocycles. The lowest BCUT2D eigenvalue weighted by Gasteiger charge is -2.42. The van der Waals surface area contributed by atoms with Crippen molar-refractivity contribution in [3.63, 3.8) is 0 Å². The van der Waals surface area contributed by atoms with Crippen LogP contribution < -0.4 is 38.2 Å². The second-order valence-electron chi connectivity index (χ2n) is 28.5. The SMILES string of the molecule is [B][B]B([B])B(B([B])[B])c1c(B(B([B])[B])B([B])[B])c(B([B][B])B([B])[B])c(B([B])B([B])[B])c2c(-c3c4c(C)c(C)c(C)c(C)c4c(C)c4c(-c5c(C#CC#CC#CC#CC#C)c6c(C)c(C#C)c(C#CC)c(C#CC#C)c6c6c(C#CC#CC)c(C#CC#CC#C)c(C#CC#CC#CC)c(C#CC#CC#CC#C)c56)c(C)c(C)c(C)c34)c(B([B])[B])c([B][B])c([B])c12. The van der Waals surface area contributed by atoms with E-state index < -0.39 is 70.8 Å². The van der Waals surface area contributed by atoms with Crippen LogP contribution in [0.4, 0.5) is 0 Å². The number of aryl methyl sites for hydroxylation is 5. The Hall–Kier alpha value is -12.1. The third-order valence-electron chi connectivity index (χ3n) is 21.9. The lowest BCUT2D eigenvalue weighted by atomic mass is 8.66. The van der Waals surface area contributed by atoms with E-state index in [1.807, 2.05) is 62.3 Å². The summed E-state index contributed by atoms with van der Waals surface area (Å²) < 4.78 is 0. The molecule has 0 spiro atoms. The average molecular weight is 1490 g/mol. The van der Waals surface area contributed by atoms with Gasteiger partial charge in [-0.05, 0) is 336 Å². The van der Waals surface area contributed by atoms with Gasteiger partial charge < -0.3 is 0 Å². The van der Waals surface area contributed by atoms with Gasteiger partial charge in [-0.3, -0.25) is 0 Å². The Labute approximate surface area is 768 Å². The molecule has 8 aromatic carbocycles. The van der Waals surface area contributed by atoms with Gasteiger partial charge >= 0.3 is 0 Å². The lowest BCUT2D eigenvalue weighted by molar-refractivity contribution is 1.25. The summed E-state index contributed by atoms with van der Waals surface area (Å²) in [6.07, 6.45) is 21.5. The molecule has 0 saturated heterocycles. The molecule has 0 bridgehead atoms. The molecular weight excluding hydrogens is 1450 g/mol. The first-order valence-electron chi connectivity index (χ1n) is 38.3. The Morgan fingerprint density at radius 1 is 0.266 bits per heavy atom. The highest BCUT2D eigenvalue weighted by Gasteiger charge is 2.43. The van der Waals surface area contributed by atoms with E-state index in [1.54, 1.807) is 20.8 Å². The van der Waals surface area contributed by atoms with Crippen LogP contribution in [0.15, 0.2) is 0 Å². The van der Waals surface area contributed by atoms with Crippen LogP contribution in [-0.4, -0.2) is 231 Å². The van der Waals surface area contributed by atoms with E-state index in [4.69, 9.17) is 171 Å². The van der Waals surface area contributed by atoms with E-state index in [-0.39, 0.29) is 93.3 Å². The van der Waals surface area contributed by atoms with Crippen molar-refractivity contribution in [1.82, 2.24) is 0 Å². The van der Waals surface area contributed by atoms with Crippen molar-refractivity contribution in [2.75, 3.05) is 0 Å². The van der Waals surface area contributed by atoms with Gasteiger partial charge in [-0.25, -0.2) is 0 Å². The van der Waals surface area contributed by atoms with Gasteiger partial charge in [0.1, 0.15) is 7.85 Å². The largest absolute Gasteiger partial charge is 0.115 e. The highest BCUT2D eigenvalue weighted by Crippen LogP contribution is 2.54. The van der Waals surface area contributed by atoms with Crippen molar-refractivity contribution in [1.29, 1.82) is 0 Å². The van der Waals surface area contributed by atoms with Crippen molar-refractivity contribution in [2.45, 2.75) is 83.1 Å². The molecule has 8 aromatic rings. The van der Waals surface area contributed by atoms with E-state index in [9.17, 15) is 0 Å². The number of hydrogen-bond acceptors (Lipinski definition) is 0. The Morgan fingerprint density at radius 2 is 0.669 bits per heavy atom. The smallest absolute Gasteiger partial charge is 0.113 e. The summed E-state index contributed by atoms with van der Waals surface area (Å²) in [4.78, 5) is 0. The molecule has 0 N–H and O–H groups in total. The molecule has 0 aliphatic heterocycles. The maximum absolute atomic E-state index is 7.97. The minimum atomic E-state index is -1.54. The molecule has 32 heteroatoms. The minimum absolute atomic E-state index is 0.0821. The van der Waals surface area contributed by atoms with Crippen molar-refractivity contribution in [2.24, 2.45) is 0 Å². The predicted octanol–water partition coefficient (Wildman–Crippen LogP) is -3.34. The topological polar surface area (TPSA) is 0 Å². The monoisotopic (exact) mass is 1500 g/mol. The second-order valence-corrected chi connectivity index (χ2v) is 28.5. The second kappa shape index (κ2) is 43.8. The van der Waals surface area contributed by atoms with E-state index >= 15 is 0 Å². The van der Waals surface area contributed by atoms with Gasteiger partial charge in [-0.1, -0.05) is 81.1 Å². The lowest BCUT2D eigenvalue weighted by Crippen LogP contribution is -2.80. The molecule has 0 aromatic heterocycles. The standard InChI is InChI=1S/C92H41B32/c1-18-26-32-36-38-39-42-47-54-71-73-62(16)64(25-8)65(48-24-7)68(49-31-23-6)78(73)79-69(52-43-30-22-5)66(50-44-35-29-21-4)67(51-45-40-34-28-20-3)70(53-46-41-37-33-27-19-2)80(79)81(71)75-60(14)57(11)61(15)76-77(75)63(17)72-58(12)55(9)56(10)59(13)74(72)82(76)83-84-85(86(93)87(111-94)88(83)114(97)98)90(118(123(108)109)124(110)113-96)92(117(121(104)105)122(106)107)91(116(112-95)120(102)103)89(84)115(99)119(100)101/h1-2,4,6,8H,3,5,7,9-17H3. The van der Waals surface area contributed by atoms with E-state index in [0.29, 0.717) is 93.3 Å². The van der Waals surface area contributed by atoms with Crippen LogP contribution in [0.1, 0.15) is 115 Å². The summed E-state index contributed by atoms with van der Waals surface area (Å²) in [5.41, 5.74) is 10.5. The molecule has 0 aliphatic carbocycles. The molecule has 0 aliphatic rings. The molecule has 39 radical (unpaired) electrons. The molecule has 8 rings (SSSR count). The molecule has 505 valence electrons. The average Bonchev–Trinajstić information content (AvgIpc) is 0.677. The van der Waals surface area contributed by atoms with Gasteiger partial charge in [0.25, 0.3) is 0 Å². The number of rotatable bonds is 16. The molecule has 0 fully saturated rings. The first kappa shape index (κ1) is 97.3. The zero-order chi connectivity index (χ0) is 91.6. The van der Waals surface area contributed by atoms with Gasteiger partial charge in [0.15, 0.2) is 0 Å². The zero-order valence-corrected chi connectivity index (χ0v) is 70.9. The fourth-order valence-corrected chi connectivity index (χ4v) is 16.4. The van der Waals surface area contributed by atoms with Gasteiger partial charge in [-0.2, -0.15) is 0 Å². The maximum atomic E-state index is 7.97. The third kappa shape index (κ3) is 18.9. The van der Waals surface area contributed by atoms with Crippen molar-refractivity contribution in [3.8, 4) is 273 Å². The molecule has 124 heavy (non-hydrogen) atoms. The van der Waals surface area contributed by atoms with E-state index in [2.05, 4.69) is 219 Å². The summed E-state index contributed by atoms with van der Waals surface area (Å²) in [6, 6.07) is 0. The fraction of sp³-hybridized carbons (Fsp3) is 0.130. The molecule has 0 atom stereocenters. The number of fused-ring (bicyclic) bond motifs is 6. The molecule has 0 amide bonds. The molecular formula is C92H41B32. The Balaban J connectivity index is 2.17. The summed E-state index contributed by atoms with van der Waals surface area (Å²) in [6.45, 7) is 15.9. The van der Waals surface area contributed by atoms with Crippen LogP contribution in [0.5, 0.6) is 0 Å². The van der Waals surface area contributed by atoms with Gasteiger partial charge in [0.05, 0.1) is 73.0 Å². The normalized spacial score (nSPS) is 9.12. The molecule has 0 nitrogen and oxygen atoms in total. The summed E-state index contributed by atoms with van der Waals surface area (Å²) in [5, 5.41) is 4.05. The van der Waals surface area contributed by atoms with Crippen LogP contribution >= 0.6 is 0 Å². The predicted molar refractivity (Wildman–Crippen MR) is 567 cm³/mol.